The first-order valence-electron chi connectivity index (χ1n) is 8.24. The lowest BCUT2D eigenvalue weighted by molar-refractivity contribution is 0.448. The molecular weight excluding hydrogens is 374 g/mol. The number of aromatic nitrogens is 1. The Morgan fingerprint density at radius 3 is 2.81 bits per heavy atom. The molecule has 0 amide bonds. The Kier molecular flexibility index (Phi) is 5.62. The summed E-state index contributed by atoms with van der Waals surface area (Å²) in [4.78, 5) is 0. The van der Waals surface area contributed by atoms with Crippen molar-refractivity contribution < 1.29 is 12.9 Å². The van der Waals surface area contributed by atoms with Gasteiger partial charge < -0.3 is 9.84 Å². The van der Waals surface area contributed by atoms with E-state index in [2.05, 4.69) is 21.3 Å². The van der Waals surface area contributed by atoms with Crippen LogP contribution in [-0.2, 0) is 22.2 Å². The van der Waals surface area contributed by atoms with Gasteiger partial charge in [-0.05, 0) is 36.2 Å². The summed E-state index contributed by atoms with van der Waals surface area (Å²) in [5.74, 6) is -0.196. The van der Waals surface area contributed by atoms with Gasteiger partial charge in [0.1, 0.15) is 11.4 Å². The Hall–Kier alpha value is -1.93. The minimum Gasteiger partial charge on any atom is -0.356 e. The van der Waals surface area contributed by atoms with Gasteiger partial charge in [-0.15, -0.1) is 12.4 Å². The zero-order valence-electron chi connectivity index (χ0n) is 14.0. The van der Waals surface area contributed by atoms with Gasteiger partial charge in [-0.25, -0.2) is 13.1 Å². The standard InChI is InChI=1S/C18H19N3O3S.ClH/c22-25(23,12-17-15-7-3-4-8-18(15)24-21-17)20-11-16-14-6-2-1-5-13(14)9-10-19-16;/h1-8,16,19-20H,9-12H2;1H. The summed E-state index contributed by atoms with van der Waals surface area (Å²) >= 11 is 0. The molecule has 0 radical (unpaired) electrons. The third kappa shape index (κ3) is 3.91. The number of nitrogens with one attached hydrogen (secondary N) is 2. The van der Waals surface area contributed by atoms with Crippen molar-refractivity contribution in [1.82, 2.24) is 15.2 Å². The van der Waals surface area contributed by atoms with Crippen molar-refractivity contribution >= 4 is 33.4 Å². The van der Waals surface area contributed by atoms with Crippen LogP contribution in [0, 0.1) is 0 Å². The van der Waals surface area contributed by atoms with E-state index < -0.39 is 10.0 Å². The predicted octanol–water partition coefficient (Wildman–Crippen LogP) is 2.56. The smallest absolute Gasteiger partial charge is 0.217 e. The molecule has 0 fully saturated rings. The minimum atomic E-state index is -3.51. The number of fused-ring (bicyclic) bond motifs is 2. The molecule has 3 aromatic rings. The van der Waals surface area contributed by atoms with Gasteiger partial charge in [0.25, 0.3) is 0 Å². The topological polar surface area (TPSA) is 84.2 Å². The predicted molar refractivity (Wildman–Crippen MR) is 103 cm³/mol. The van der Waals surface area contributed by atoms with Crippen molar-refractivity contribution in [3.63, 3.8) is 0 Å². The third-order valence-corrected chi connectivity index (χ3v) is 5.76. The van der Waals surface area contributed by atoms with Crippen molar-refractivity contribution in [3.8, 4) is 0 Å². The van der Waals surface area contributed by atoms with Crippen LogP contribution < -0.4 is 10.0 Å². The zero-order chi connectivity index (χ0) is 17.3. The molecule has 1 atom stereocenters. The number of sulfonamides is 1. The average molecular weight is 394 g/mol. The molecule has 1 unspecified atom stereocenters. The van der Waals surface area contributed by atoms with Crippen LogP contribution in [0.1, 0.15) is 22.9 Å². The largest absolute Gasteiger partial charge is 0.356 e. The fraction of sp³-hybridized carbons (Fsp3) is 0.278. The third-order valence-electron chi connectivity index (χ3n) is 4.50. The van der Waals surface area contributed by atoms with E-state index in [4.69, 9.17) is 4.52 Å². The maximum absolute atomic E-state index is 12.5. The Morgan fingerprint density at radius 1 is 1.15 bits per heavy atom. The Morgan fingerprint density at radius 2 is 1.92 bits per heavy atom. The van der Waals surface area contributed by atoms with Gasteiger partial charge in [0.15, 0.2) is 5.58 Å². The molecule has 0 aliphatic carbocycles. The number of para-hydroxylation sites is 1. The summed E-state index contributed by atoms with van der Waals surface area (Å²) in [6.07, 6.45) is 0.963. The molecule has 0 saturated carbocycles. The van der Waals surface area contributed by atoms with Crippen molar-refractivity contribution in [2.24, 2.45) is 0 Å². The number of hydrogen-bond donors (Lipinski definition) is 2. The maximum Gasteiger partial charge on any atom is 0.217 e. The molecule has 2 heterocycles. The Labute approximate surface area is 158 Å². The number of benzene rings is 2. The summed E-state index contributed by atoms with van der Waals surface area (Å²) in [6.45, 7) is 1.16. The Balaban J connectivity index is 0.00000196. The van der Waals surface area contributed by atoms with E-state index in [1.54, 1.807) is 6.07 Å². The molecule has 0 spiro atoms. The summed E-state index contributed by atoms with van der Waals surface area (Å²) < 4.78 is 32.8. The number of hydrogen-bond acceptors (Lipinski definition) is 5. The minimum absolute atomic E-state index is 0. The molecule has 2 aromatic carbocycles. The van der Waals surface area contributed by atoms with Crippen LogP contribution in [-0.4, -0.2) is 26.7 Å². The average Bonchev–Trinajstić information content (AvgIpc) is 3.02. The molecule has 0 saturated heterocycles. The van der Waals surface area contributed by atoms with Crippen LogP contribution in [0.2, 0.25) is 0 Å². The van der Waals surface area contributed by atoms with Crippen LogP contribution in [0.4, 0.5) is 0 Å². The van der Waals surface area contributed by atoms with Gasteiger partial charge in [-0.1, -0.05) is 41.6 Å². The molecule has 26 heavy (non-hydrogen) atoms. The van der Waals surface area contributed by atoms with E-state index in [0.717, 1.165) is 23.9 Å². The molecule has 1 aliphatic rings. The van der Waals surface area contributed by atoms with Crippen molar-refractivity contribution in [2.75, 3.05) is 13.1 Å². The first-order valence-corrected chi connectivity index (χ1v) is 9.89. The summed E-state index contributed by atoms with van der Waals surface area (Å²) in [7, 11) is -3.51. The monoisotopic (exact) mass is 393 g/mol. The van der Waals surface area contributed by atoms with Gasteiger partial charge >= 0.3 is 0 Å². The van der Waals surface area contributed by atoms with Gasteiger partial charge in [-0.3, -0.25) is 0 Å². The van der Waals surface area contributed by atoms with Gasteiger partial charge in [0, 0.05) is 18.0 Å². The molecule has 0 bridgehead atoms. The fourth-order valence-electron chi connectivity index (χ4n) is 3.26. The SMILES string of the molecule is Cl.O=S(=O)(Cc1noc2ccccc12)NCC1NCCc2ccccc21. The van der Waals surface area contributed by atoms with Crippen LogP contribution in [0.25, 0.3) is 11.0 Å². The molecular formula is C18H20ClN3O3S. The second-order valence-electron chi connectivity index (χ2n) is 6.19. The molecule has 1 aromatic heterocycles. The van der Waals surface area contributed by atoms with Gasteiger partial charge in [0.05, 0.1) is 0 Å². The molecule has 6 nitrogen and oxygen atoms in total. The number of rotatable bonds is 5. The quantitative estimate of drug-likeness (QED) is 0.696. The normalized spacial score (nSPS) is 16.8. The highest BCUT2D eigenvalue weighted by Crippen LogP contribution is 2.23. The molecule has 138 valence electrons. The van der Waals surface area contributed by atoms with Crippen molar-refractivity contribution in [2.45, 2.75) is 18.2 Å². The molecule has 4 rings (SSSR count). The van der Waals surface area contributed by atoms with E-state index in [1.807, 2.05) is 36.4 Å². The van der Waals surface area contributed by atoms with Crippen LogP contribution in [0.15, 0.2) is 53.1 Å². The highest BCUT2D eigenvalue weighted by atomic mass is 35.5. The van der Waals surface area contributed by atoms with Crippen molar-refractivity contribution in [3.05, 3.63) is 65.4 Å². The van der Waals surface area contributed by atoms with Crippen LogP contribution in [0.3, 0.4) is 0 Å². The van der Waals surface area contributed by atoms with E-state index in [-0.39, 0.29) is 24.2 Å². The Bertz CT molecular complexity index is 1000. The van der Waals surface area contributed by atoms with Crippen LogP contribution >= 0.6 is 12.4 Å². The van der Waals surface area contributed by atoms with Crippen molar-refractivity contribution in [1.29, 1.82) is 0 Å². The summed E-state index contributed by atoms with van der Waals surface area (Å²) in [5, 5.41) is 8.01. The second kappa shape index (κ2) is 7.75. The van der Waals surface area contributed by atoms with E-state index in [1.165, 1.54) is 5.56 Å². The lowest BCUT2D eigenvalue weighted by Gasteiger charge is -2.27. The maximum atomic E-state index is 12.5. The lowest BCUT2D eigenvalue weighted by Crippen LogP contribution is -2.39. The molecule has 8 heteroatoms. The highest BCUT2D eigenvalue weighted by Gasteiger charge is 2.22. The number of halogens is 1. The van der Waals surface area contributed by atoms with E-state index >= 15 is 0 Å². The zero-order valence-corrected chi connectivity index (χ0v) is 15.6. The van der Waals surface area contributed by atoms with Gasteiger partial charge in [0.2, 0.25) is 10.0 Å². The van der Waals surface area contributed by atoms with Crippen LogP contribution in [0.5, 0.6) is 0 Å². The number of nitrogens with zero attached hydrogens (tertiary/aromatic N) is 1. The first kappa shape index (κ1) is 18.8. The van der Waals surface area contributed by atoms with E-state index in [9.17, 15) is 8.42 Å². The fourth-order valence-corrected chi connectivity index (χ4v) is 4.35. The summed E-state index contributed by atoms with van der Waals surface area (Å²) in [5.41, 5.74) is 3.45. The highest BCUT2D eigenvalue weighted by molar-refractivity contribution is 7.88. The molecule has 1 aliphatic heterocycles. The van der Waals surface area contributed by atoms with E-state index in [0.29, 0.717) is 17.8 Å². The lowest BCUT2D eigenvalue weighted by atomic mass is 9.95. The summed E-state index contributed by atoms with van der Waals surface area (Å²) in [6, 6.07) is 15.4. The van der Waals surface area contributed by atoms with Gasteiger partial charge in [-0.2, -0.15) is 0 Å². The second-order valence-corrected chi connectivity index (χ2v) is 8.00. The first-order chi connectivity index (χ1) is 12.1. The molecule has 2 N–H and O–H groups in total.